The SMILES string of the molecule is Cc1ccc(C)c(N2CCN(C[C@@H]3C(=O)O[C@@H]4C[C@@]5(C)CCC[C@@]6(CO6)[C@@H]5C[C@H]34)CC2)c1. The van der Waals surface area contributed by atoms with E-state index in [1.165, 1.54) is 36.1 Å². The Labute approximate surface area is 192 Å². The first kappa shape index (κ1) is 21.0. The number of carbonyl (C=O) groups is 1. The number of nitrogens with zero attached hydrogens (tertiary/aromatic N) is 2. The Hall–Kier alpha value is -1.59. The van der Waals surface area contributed by atoms with E-state index in [0.717, 1.165) is 52.2 Å². The summed E-state index contributed by atoms with van der Waals surface area (Å²) in [7, 11) is 0. The van der Waals surface area contributed by atoms with Gasteiger partial charge in [-0.2, -0.15) is 0 Å². The van der Waals surface area contributed by atoms with Crippen molar-refractivity contribution >= 4 is 11.7 Å². The van der Waals surface area contributed by atoms with Crippen LogP contribution in [-0.4, -0.2) is 61.9 Å². The second kappa shape index (κ2) is 7.46. The van der Waals surface area contributed by atoms with Crippen LogP contribution in [0.5, 0.6) is 0 Å². The van der Waals surface area contributed by atoms with Crippen LogP contribution in [-0.2, 0) is 14.3 Å². The average Bonchev–Trinajstić information content (AvgIpc) is 3.47. The lowest BCUT2D eigenvalue weighted by atomic mass is 9.53. The summed E-state index contributed by atoms with van der Waals surface area (Å²) < 4.78 is 12.1. The first-order valence-electron chi connectivity index (χ1n) is 12.8. The van der Waals surface area contributed by atoms with E-state index < -0.39 is 0 Å². The number of benzene rings is 1. The number of piperazine rings is 1. The lowest BCUT2D eigenvalue weighted by Gasteiger charge is -2.51. The van der Waals surface area contributed by atoms with Crippen LogP contribution >= 0.6 is 0 Å². The Morgan fingerprint density at radius 2 is 1.91 bits per heavy atom. The Bertz CT molecular complexity index is 904. The minimum atomic E-state index is 0.0366. The number of anilines is 1. The van der Waals surface area contributed by atoms with Crippen molar-refractivity contribution in [2.45, 2.75) is 64.6 Å². The standard InChI is InChI=1S/C27H38N2O3/c1-18-5-6-19(2)22(13-18)29-11-9-28(10-12-29)16-21-20-14-24-26(3,15-23(20)32-25(21)30)7-4-8-27(24)17-31-27/h5-6,13,20-21,23-24H,4,7-12,14-17H2,1-3H3/t20-,21+,23-,24-,26-,27-/m1/s1. The van der Waals surface area contributed by atoms with Crippen LogP contribution in [0.2, 0.25) is 0 Å². The molecule has 5 fully saturated rings. The minimum absolute atomic E-state index is 0.0366. The van der Waals surface area contributed by atoms with Crippen LogP contribution in [0.1, 0.15) is 50.2 Å². The van der Waals surface area contributed by atoms with Crippen molar-refractivity contribution in [2.24, 2.45) is 23.2 Å². The summed E-state index contributed by atoms with van der Waals surface area (Å²) in [6.45, 7) is 12.7. The highest BCUT2D eigenvalue weighted by Gasteiger charge is 2.65. The number of ether oxygens (including phenoxy) is 2. The summed E-state index contributed by atoms with van der Waals surface area (Å²) >= 11 is 0. The number of hydrogen-bond donors (Lipinski definition) is 0. The van der Waals surface area contributed by atoms with E-state index in [1.807, 2.05) is 0 Å². The maximum atomic E-state index is 13.0. The summed E-state index contributed by atoms with van der Waals surface area (Å²) in [5.74, 6) is 1.07. The van der Waals surface area contributed by atoms with E-state index in [4.69, 9.17) is 9.47 Å². The molecule has 32 heavy (non-hydrogen) atoms. The van der Waals surface area contributed by atoms with Gasteiger partial charge in [-0.3, -0.25) is 9.69 Å². The third-order valence-corrected chi connectivity index (χ3v) is 9.61. The van der Waals surface area contributed by atoms with Gasteiger partial charge in [0.1, 0.15) is 6.10 Å². The van der Waals surface area contributed by atoms with Crippen molar-refractivity contribution in [1.82, 2.24) is 4.90 Å². The lowest BCUT2D eigenvalue weighted by molar-refractivity contribution is -0.147. The molecule has 3 saturated heterocycles. The van der Waals surface area contributed by atoms with E-state index in [1.54, 1.807) is 0 Å². The van der Waals surface area contributed by atoms with Crippen molar-refractivity contribution < 1.29 is 14.3 Å². The van der Waals surface area contributed by atoms with Gasteiger partial charge in [0.2, 0.25) is 0 Å². The number of carbonyl (C=O) groups excluding carboxylic acids is 1. The quantitative estimate of drug-likeness (QED) is 0.528. The van der Waals surface area contributed by atoms with Crippen molar-refractivity contribution in [3.05, 3.63) is 29.3 Å². The average molecular weight is 439 g/mol. The minimum Gasteiger partial charge on any atom is -0.462 e. The molecule has 6 rings (SSSR count). The second-order valence-corrected chi connectivity index (χ2v) is 11.7. The molecular formula is C27H38N2O3. The molecule has 1 aromatic rings. The van der Waals surface area contributed by atoms with Gasteiger partial charge in [-0.25, -0.2) is 0 Å². The molecule has 0 N–H and O–H groups in total. The Balaban J connectivity index is 1.12. The van der Waals surface area contributed by atoms with Crippen molar-refractivity contribution in [1.29, 1.82) is 0 Å². The van der Waals surface area contributed by atoms with Gasteiger partial charge in [0.05, 0.1) is 18.1 Å². The van der Waals surface area contributed by atoms with Gasteiger partial charge < -0.3 is 14.4 Å². The van der Waals surface area contributed by atoms with Crippen LogP contribution < -0.4 is 4.90 Å². The molecule has 5 aliphatic rings. The fraction of sp³-hybridized carbons (Fsp3) is 0.741. The molecule has 6 atom stereocenters. The number of hydrogen-bond acceptors (Lipinski definition) is 5. The van der Waals surface area contributed by atoms with Crippen LogP contribution in [0.25, 0.3) is 0 Å². The van der Waals surface area contributed by atoms with E-state index in [-0.39, 0.29) is 29.0 Å². The summed E-state index contributed by atoms with van der Waals surface area (Å²) in [4.78, 5) is 18.0. The summed E-state index contributed by atoms with van der Waals surface area (Å²) in [6, 6.07) is 6.72. The van der Waals surface area contributed by atoms with Crippen molar-refractivity contribution in [3.8, 4) is 0 Å². The molecule has 0 radical (unpaired) electrons. The number of rotatable bonds is 3. The molecule has 0 unspecified atom stereocenters. The van der Waals surface area contributed by atoms with E-state index in [2.05, 4.69) is 48.8 Å². The molecule has 0 bridgehead atoms. The molecule has 1 aromatic carbocycles. The van der Waals surface area contributed by atoms with Gasteiger partial charge in [0, 0.05) is 44.3 Å². The number of aryl methyl sites for hydroxylation is 2. The van der Waals surface area contributed by atoms with Crippen LogP contribution in [0.4, 0.5) is 5.69 Å². The van der Waals surface area contributed by atoms with Gasteiger partial charge in [-0.05, 0) is 74.5 Å². The summed E-state index contributed by atoms with van der Waals surface area (Å²) in [5.41, 5.74) is 4.44. The second-order valence-electron chi connectivity index (χ2n) is 11.7. The number of esters is 1. The number of epoxide rings is 1. The Kier molecular flexibility index (Phi) is 4.89. The molecule has 174 valence electrons. The zero-order valence-corrected chi connectivity index (χ0v) is 19.9. The molecular weight excluding hydrogens is 400 g/mol. The maximum Gasteiger partial charge on any atom is 0.310 e. The van der Waals surface area contributed by atoms with Crippen LogP contribution in [0, 0.1) is 37.0 Å². The smallest absolute Gasteiger partial charge is 0.310 e. The Morgan fingerprint density at radius 1 is 1.12 bits per heavy atom. The van der Waals surface area contributed by atoms with Crippen molar-refractivity contribution in [3.63, 3.8) is 0 Å². The van der Waals surface area contributed by atoms with Gasteiger partial charge in [-0.1, -0.05) is 19.1 Å². The first-order valence-corrected chi connectivity index (χ1v) is 12.8. The third-order valence-electron chi connectivity index (χ3n) is 9.61. The lowest BCUT2D eigenvalue weighted by Crippen LogP contribution is -2.52. The first-order chi connectivity index (χ1) is 15.4. The molecule has 5 heteroatoms. The largest absolute Gasteiger partial charge is 0.462 e. The van der Waals surface area contributed by atoms with Crippen LogP contribution in [0.15, 0.2) is 18.2 Å². The fourth-order valence-electron chi connectivity index (χ4n) is 7.68. The Morgan fingerprint density at radius 3 is 2.66 bits per heavy atom. The third kappa shape index (κ3) is 3.38. The van der Waals surface area contributed by atoms with Gasteiger partial charge in [0.25, 0.3) is 0 Å². The zero-order valence-electron chi connectivity index (χ0n) is 19.9. The van der Waals surface area contributed by atoms with Crippen LogP contribution in [0.3, 0.4) is 0 Å². The summed E-state index contributed by atoms with van der Waals surface area (Å²) in [6.07, 6.45) is 6.00. The van der Waals surface area contributed by atoms with E-state index in [0.29, 0.717) is 11.8 Å². The topological polar surface area (TPSA) is 45.3 Å². The molecule has 0 aromatic heterocycles. The predicted octanol–water partition coefficient (Wildman–Crippen LogP) is 3.95. The van der Waals surface area contributed by atoms with E-state index >= 15 is 0 Å². The normalized spacial score (nSPS) is 41.3. The predicted molar refractivity (Wildman–Crippen MR) is 125 cm³/mol. The maximum absolute atomic E-state index is 13.0. The van der Waals surface area contributed by atoms with Gasteiger partial charge in [-0.15, -0.1) is 0 Å². The molecule has 2 aliphatic carbocycles. The molecule has 3 heterocycles. The molecule has 1 spiro atoms. The zero-order chi connectivity index (χ0) is 22.1. The fourth-order valence-corrected chi connectivity index (χ4v) is 7.68. The van der Waals surface area contributed by atoms with Gasteiger partial charge >= 0.3 is 5.97 Å². The molecule has 0 amide bonds. The monoisotopic (exact) mass is 438 g/mol. The van der Waals surface area contributed by atoms with Crippen molar-refractivity contribution in [2.75, 3.05) is 44.2 Å². The highest BCUT2D eigenvalue weighted by molar-refractivity contribution is 5.75. The summed E-state index contributed by atoms with van der Waals surface area (Å²) in [5, 5.41) is 0. The van der Waals surface area contributed by atoms with Gasteiger partial charge in [0.15, 0.2) is 0 Å². The van der Waals surface area contributed by atoms with E-state index in [9.17, 15) is 4.79 Å². The highest BCUT2D eigenvalue weighted by Crippen LogP contribution is 2.62. The molecule has 3 aliphatic heterocycles. The molecule has 2 saturated carbocycles. The molecule has 5 nitrogen and oxygen atoms in total. The number of fused-ring (bicyclic) bond motifs is 3. The highest BCUT2D eigenvalue weighted by atomic mass is 16.6.